The van der Waals surface area contributed by atoms with Gasteiger partial charge in [-0.15, -0.1) is 0 Å². The summed E-state index contributed by atoms with van der Waals surface area (Å²) in [6.07, 6.45) is 0. The smallest absolute Gasteiger partial charge is 0.0622 e. The Kier molecular flexibility index (Phi) is 6.19. The molecule has 0 nitrogen and oxygen atoms in total. The zero-order chi connectivity index (χ0) is 32.4. The fourth-order valence-electron chi connectivity index (χ4n) is 8.64. The molecule has 49 heavy (non-hydrogen) atoms. The largest absolute Gasteiger partial charge is 0.0725 e. The van der Waals surface area contributed by atoms with Gasteiger partial charge in [0.05, 0.1) is 5.41 Å². The molecular weight excluding hydrogens is 589 g/mol. The maximum Gasteiger partial charge on any atom is 0.0725 e. The number of hydrogen-bond donors (Lipinski definition) is 0. The van der Waals surface area contributed by atoms with Gasteiger partial charge in [0.1, 0.15) is 0 Å². The minimum atomic E-state index is -0.346. The standard InChI is InChI=1S/C49H32/c1-3-15-33(16-4-1)37-30-38(34-17-5-2-6-18-34)32-39(31-37)35-19-13-20-36(29-35)40-24-14-28-47-48(40)43-23-9-12-27-46(43)49(47)44-25-10-7-21-41(44)42-22-8-11-26-45(42)49/h1-32H. The predicted molar refractivity (Wildman–Crippen MR) is 204 cm³/mol. The van der Waals surface area contributed by atoms with Crippen LogP contribution in [0.25, 0.3) is 66.8 Å². The van der Waals surface area contributed by atoms with Crippen LogP contribution in [-0.2, 0) is 5.41 Å². The van der Waals surface area contributed by atoms with Crippen molar-refractivity contribution >= 4 is 0 Å². The molecule has 0 aromatic heterocycles. The zero-order valence-electron chi connectivity index (χ0n) is 27.0. The molecule has 228 valence electrons. The van der Waals surface area contributed by atoms with Gasteiger partial charge in [-0.05, 0) is 113 Å². The van der Waals surface area contributed by atoms with Crippen molar-refractivity contribution in [3.63, 3.8) is 0 Å². The first-order chi connectivity index (χ1) is 24.3. The van der Waals surface area contributed by atoms with Crippen LogP contribution in [-0.4, -0.2) is 0 Å². The molecule has 0 saturated heterocycles. The SMILES string of the molecule is c1ccc(-c2cc(-c3ccccc3)cc(-c3cccc(-c4cccc5c4-c4ccccc4C54c5ccccc5-c5ccccc54)c3)c2)cc1. The Morgan fingerprint density at radius 1 is 0.224 bits per heavy atom. The van der Waals surface area contributed by atoms with E-state index >= 15 is 0 Å². The molecule has 2 aliphatic rings. The van der Waals surface area contributed by atoms with E-state index in [4.69, 9.17) is 0 Å². The molecule has 0 unspecified atom stereocenters. The number of rotatable bonds is 4. The van der Waals surface area contributed by atoms with Crippen LogP contribution < -0.4 is 0 Å². The number of hydrogen-bond acceptors (Lipinski definition) is 0. The molecular formula is C49H32. The summed E-state index contributed by atoms with van der Waals surface area (Å²) in [5, 5.41) is 0. The van der Waals surface area contributed by atoms with Gasteiger partial charge >= 0.3 is 0 Å². The highest BCUT2D eigenvalue weighted by Gasteiger charge is 2.51. The van der Waals surface area contributed by atoms with Crippen LogP contribution in [0.3, 0.4) is 0 Å². The molecule has 0 heteroatoms. The topological polar surface area (TPSA) is 0 Å². The van der Waals surface area contributed by atoms with Gasteiger partial charge in [-0.3, -0.25) is 0 Å². The monoisotopic (exact) mass is 620 g/mol. The Labute approximate surface area is 287 Å². The highest BCUT2D eigenvalue weighted by atomic mass is 14.5. The summed E-state index contributed by atoms with van der Waals surface area (Å²) in [4.78, 5) is 0. The third-order valence-electron chi connectivity index (χ3n) is 10.7. The molecule has 10 rings (SSSR count). The quantitative estimate of drug-likeness (QED) is 0.184. The summed E-state index contributed by atoms with van der Waals surface area (Å²) in [7, 11) is 0. The first kappa shape index (κ1) is 27.8. The van der Waals surface area contributed by atoms with Gasteiger partial charge in [0, 0.05) is 0 Å². The minimum absolute atomic E-state index is 0.346. The fraction of sp³-hybridized carbons (Fsp3) is 0.0204. The molecule has 0 atom stereocenters. The van der Waals surface area contributed by atoms with Crippen molar-refractivity contribution in [2.24, 2.45) is 0 Å². The first-order valence-corrected chi connectivity index (χ1v) is 17.1. The minimum Gasteiger partial charge on any atom is -0.0622 e. The van der Waals surface area contributed by atoms with E-state index in [1.165, 1.54) is 89.0 Å². The average Bonchev–Trinajstić information content (AvgIpc) is 3.66. The Morgan fingerprint density at radius 3 is 1.18 bits per heavy atom. The molecule has 0 amide bonds. The molecule has 8 aromatic carbocycles. The molecule has 0 aliphatic heterocycles. The van der Waals surface area contributed by atoms with Crippen molar-refractivity contribution in [3.05, 3.63) is 216 Å². The second kappa shape index (κ2) is 10.9. The highest BCUT2D eigenvalue weighted by molar-refractivity contribution is 6.00. The summed E-state index contributed by atoms with van der Waals surface area (Å²) in [5.74, 6) is 0. The van der Waals surface area contributed by atoms with Crippen molar-refractivity contribution in [2.75, 3.05) is 0 Å². The lowest BCUT2D eigenvalue weighted by molar-refractivity contribution is 0.794. The molecule has 0 radical (unpaired) electrons. The second-order valence-electron chi connectivity index (χ2n) is 13.2. The molecule has 0 fully saturated rings. The van der Waals surface area contributed by atoms with Crippen LogP contribution in [0.5, 0.6) is 0 Å². The van der Waals surface area contributed by atoms with E-state index in [9.17, 15) is 0 Å². The molecule has 0 N–H and O–H groups in total. The molecule has 2 aliphatic carbocycles. The van der Waals surface area contributed by atoms with E-state index in [0.29, 0.717) is 0 Å². The fourth-order valence-corrected chi connectivity index (χ4v) is 8.64. The Hall–Kier alpha value is -6.24. The van der Waals surface area contributed by atoms with Crippen LogP contribution in [0.4, 0.5) is 0 Å². The van der Waals surface area contributed by atoms with E-state index in [1.807, 2.05) is 0 Å². The second-order valence-corrected chi connectivity index (χ2v) is 13.2. The van der Waals surface area contributed by atoms with E-state index in [-0.39, 0.29) is 5.41 Å². The number of benzene rings is 8. The summed E-state index contributed by atoms with van der Waals surface area (Å²) in [6.45, 7) is 0. The summed E-state index contributed by atoms with van der Waals surface area (Å²) < 4.78 is 0. The zero-order valence-corrected chi connectivity index (χ0v) is 27.0. The van der Waals surface area contributed by atoms with Gasteiger partial charge in [0.2, 0.25) is 0 Å². The Bertz CT molecular complexity index is 2430. The van der Waals surface area contributed by atoms with Crippen LogP contribution in [0.2, 0.25) is 0 Å². The van der Waals surface area contributed by atoms with Gasteiger partial charge in [-0.25, -0.2) is 0 Å². The van der Waals surface area contributed by atoms with Crippen LogP contribution >= 0.6 is 0 Å². The maximum atomic E-state index is 2.39. The first-order valence-electron chi connectivity index (χ1n) is 17.1. The summed E-state index contributed by atoms with van der Waals surface area (Å²) in [6, 6.07) is 71.6. The lowest BCUT2D eigenvalue weighted by Gasteiger charge is -2.30. The van der Waals surface area contributed by atoms with Gasteiger partial charge < -0.3 is 0 Å². The highest BCUT2D eigenvalue weighted by Crippen LogP contribution is 2.63. The molecule has 0 heterocycles. The van der Waals surface area contributed by atoms with E-state index in [1.54, 1.807) is 0 Å². The molecule has 1 spiro atoms. The van der Waals surface area contributed by atoms with Gasteiger partial charge in [0.15, 0.2) is 0 Å². The molecule has 0 bridgehead atoms. The van der Waals surface area contributed by atoms with Crippen molar-refractivity contribution in [3.8, 4) is 66.8 Å². The predicted octanol–water partition coefficient (Wildman–Crippen LogP) is 12.7. The van der Waals surface area contributed by atoms with Gasteiger partial charge in [-0.2, -0.15) is 0 Å². The van der Waals surface area contributed by atoms with Crippen molar-refractivity contribution in [2.45, 2.75) is 5.41 Å². The van der Waals surface area contributed by atoms with Crippen LogP contribution in [0.15, 0.2) is 194 Å². The van der Waals surface area contributed by atoms with E-state index in [0.717, 1.165) is 0 Å². The molecule has 8 aromatic rings. The van der Waals surface area contributed by atoms with E-state index < -0.39 is 0 Å². The third kappa shape index (κ3) is 4.11. The van der Waals surface area contributed by atoms with Gasteiger partial charge in [-0.1, -0.05) is 170 Å². The third-order valence-corrected chi connectivity index (χ3v) is 10.7. The Balaban J connectivity index is 1.19. The molecule has 0 saturated carbocycles. The van der Waals surface area contributed by atoms with Crippen molar-refractivity contribution < 1.29 is 0 Å². The van der Waals surface area contributed by atoms with E-state index in [2.05, 4.69) is 194 Å². The van der Waals surface area contributed by atoms with Crippen LogP contribution in [0, 0.1) is 0 Å². The Morgan fingerprint density at radius 2 is 0.592 bits per heavy atom. The van der Waals surface area contributed by atoms with Crippen molar-refractivity contribution in [1.29, 1.82) is 0 Å². The maximum absolute atomic E-state index is 2.39. The lowest BCUT2D eigenvalue weighted by Crippen LogP contribution is -2.25. The van der Waals surface area contributed by atoms with Crippen LogP contribution in [0.1, 0.15) is 22.3 Å². The summed E-state index contributed by atoms with van der Waals surface area (Å²) >= 11 is 0. The normalized spacial score (nSPS) is 13.1. The number of fused-ring (bicyclic) bond motifs is 10. The summed E-state index contributed by atoms with van der Waals surface area (Å²) in [5.41, 5.74) is 20.3. The average molecular weight is 621 g/mol. The lowest BCUT2D eigenvalue weighted by atomic mass is 9.70. The van der Waals surface area contributed by atoms with Crippen molar-refractivity contribution in [1.82, 2.24) is 0 Å². The van der Waals surface area contributed by atoms with Gasteiger partial charge in [0.25, 0.3) is 0 Å².